The van der Waals surface area contributed by atoms with Gasteiger partial charge in [0.25, 0.3) is 0 Å². The number of carbonyl (C=O) groups excluding carboxylic acids is 1. The SMILES string of the molecule is NC(=O)C[I-]I. The zero-order valence-corrected chi connectivity index (χ0v) is 7.26. The summed E-state index contributed by atoms with van der Waals surface area (Å²) < 4.78 is 0.611. The quantitative estimate of drug-likeness (QED) is 0.426. The van der Waals surface area contributed by atoms with Crippen LogP contribution in [-0.2, 0) is 4.79 Å². The van der Waals surface area contributed by atoms with Crippen molar-refractivity contribution in [3.8, 4) is 0 Å². The second kappa shape index (κ2) is 4.10. The van der Waals surface area contributed by atoms with Gasteiger partial charge in [-0.3, -0.25) is 0 Å². The van der Waals surface area contributed by atoms with Crippen molar-refractivity contribution in [1.29, 1.82) is 0 Å². The third-order valence-electron chi connectivity index (χ3n) is 0.182. The van der Waals surface area contributed by atoms with Gasteiger partial charge in [0.1, 0.15) is 0 Å². The third-order valence-corrected chi connectivity index (χ3v) is 3.16. The first kappa shape index (κ1) is 6.93. The number of carbonyl (C=O) groups is 1. The van der Waals surface area contributed by atoms with Crippen LogP contribution >= 0.6 is 18.6 Å². The van der Waals surface area contributed by atoms with Gasteiger partial charge in [0.05, 0.1) is 0 Å². The summed E-state index contributed by atoms with van der Waals surface area (Å²) in [5, 5.41) is 0. The molecule has 0 rings (SSSR count). The average Bonchev–Trinajstić information content (AvgIpc) is 1.35. The molecule has 0 aliphatic rings. The molecule has 0 radical (unpaired) electrons. The number of primary amides is 1. The molecule has 0 aliphatic heterocycles. The molecule has 0 aromatic rings. The summed E-state index contributed by atoms with van der Waals surface area (Å²) >= 11 is 2.27. The average molecular weight is 312 g/mol. The molecule has 0 unspecified atom stereocenters. The Kier molecular flexibility index (Phi) is 4.73. The number of nitrogens with two attached hydrogens (primary N) is 1. The van der Waals surface area contributed by atoms with Crippen LogP contribution in [0.1, 0.15) is 0 Å². The fraction of sp³-hybridized carbons (Fsp3) is 0.500. The first-order chi connectivity index (χ1) is 2.77. The van der Waals surface area contributed by atoms with Crippen molar-refractivity contribution in [2.75, 3.05) is 4.43 Å². The van der Waals surface area contributed by atoms with Crippen LogP contribution in [0.2, 0.25) is 0 Å². The Labute approximate surface area is 56.3 Å². The molecule has 0 saturated heterocycles. The summed E-state index contributed by atoms with van der Waals surface area (Å²) in [6, 6.07) is 0. The van der Waals surface area contributed by atoms with Crippen LogP contribution in [-0.4, -0.2) is 10.3 Å². The Balaban J connectivity index is 2.83. The van der Waals surface area contributed by atoms with E-state index in [2.05, 4.69) is 18.6 Å². The fourth-order valence-electron chi connectivity index (χ4n) is 0.0498. The van der Waals surface area contributed by atoms with Gasteiger partial charge in [-0.25, -0.2) is 0 Å². The molecule has 0 aromatic heterocycles. The van der Waals surface area contributed by atoms with Crippen LogP contribution in [0.25, 0.3) is 0 Å². The zero-order valence-electron chi connectivity index (χ0n) is 2.95. The van der Waals surface area contributed by atoms with E-state index in [0.29, 0.717) is 4.43 Å². The van der Waals surface area contributed by atoms with E-state index in [1.54, 1.807) is 0 Å². The fourth-order valence-corrected chi connectivity index (χ4v) is 2.24. The summed E-state index contributed by atoms with van der Waals surface area (Å²) in [6.07, 6.45) is 0. The van der Waals surface area contributed by atoms with Crippen molar-refractivity contribution in [3.05, 3.63) is 0 Å². The predicted molar refractivity (Wildman–Crippen MR) is 28.1 cm³/mol. The summed E-state index contributed by atoms with van der Waals surface area (Å²) in [5.41, 5.74) is 4.79. The molecule has 6 heavy (non-hydrogen) atoms. The Bertz CT molecular complexity index is 55.5. The summed E-state index contributed by atoms with van der Waals surface area (Å²) in [7, 11) is 0. The molecule has 0 heterocycles. The first-order valence-electron chi connectivity index (χ1n) is 1.26. The molecular weight excluding hydrogens is 308 g/mol. The van der Waals surface area contributed by atoms with Crippen LogP contribution in [0.5, 0.6) is 0 Å². The molecule has 0 aliphatic carbocycles. The van der Waals surface area contributed by atoms with Crippen molar-refractivity contribution >= 4 is 24.5 Å². The van der Waals surface area contributed by atoms with E-state index in [0.717, 1.165) is 0 Å². The van der Waals surface area contributed by atoms with Gasteiger partial charge in [0, 0.05) is 0 Å². The van der Waals surface area contributed by atoms with E-state index in [4.69, 9.17) is 5.73 Å². The molecule has 1 amide bonds. The van der Waals surface area contributed by atoms with Crippen molar-refractivity contribution in [2.45, 2.75) is 0 Å². The van der Waals surface area contributed by atoms with Gasteiger partial charge in [-0.05, 0) is 0 Å². The molecule has 2 nitrogen and oxygen atoms in total. The molecule has 0 spiro atoms. The molecule has 4 heteroatoms. The van der Waals surface area contributed by atoms with E-state index < -0.39 is 0 Å². The standard InChI is InChI=1S/C2H4I2NO/c3-4-1-2(5)6/h1H2,(H2,5,6)/q-1. The molecule has 0 aromatic carbocycles. The van der Waals surface area contributed by atoms with Crippen molar-refractivity contribution in [2.24, 2.45) is 5.73 Å². The topological polar surface area (TPSA) is 43.1 Å². The minimum absolute atomic E-state index is 0.0626. The second-order valence-corrected chi connectivity index (χ2v) is 5.91. The predicted octanol–water partition coefficient (Wildman–Crippen LogP) is -3.09. The minimum atomic E-state index is -0.169. The Morgan fingerprint density at radius 3 is 2.50 bits per heavy atom. The Morgan fingerprint density at radius 2 is 2.50 bits per heavy atom. The number of rotatable bonds is 2. The van der Waals surface area contributed by atoms with Crippen LogP contribution < -0.4 is 23.0 Å². The molecular formula is C2H4I2NO-. The number of hydrogen-bond donors (Lipinski definition) is 1. The van der Waals surface area contributed by atoms with E-state index >= 15 is 0 Å². The Morgan fingerprint density at radius 1 is 2.00 bits per heavy atom. The van der Waals surface area contributed by atoms with E-state index in [1.807, 2.05) is 0 Å². The summed E-state index contributed by atoms with van der Waals surface area (Å²) in [6.45, 7) is 0. The van der Waals surface area contributed by atoms with Gasteiger partial charge in [-0.1, -0.05) is 0 Å². The molecule has 0 atom stereocenters. The number of amides is 1. The van der Waals surface area contributed by atoms with E-state index in [9.17, 15) is 4.79 Å². The monoisotopic (exact) mass is 312 g/mol. The van der Waals surface area contributed by atoms with Gasteiger partial charge in [0.15, 0.2) is 0 Å². The normalized spacial score (nSPS) is 8.83. The maximum absolute atomic E-state index is 9.84. The van der Waals surface area contributed by atoms with Gasteiger partial charge in [0.2, 0.25) is 0 Å². The van der Waals surface area contributed by atoms with Crippen molar-refractivity contribution in [1.82, 2.24) is 0 Å². The second-order valence-electron chi connectivity index (χ2n) is 0.701. The zero-order chi connectivity index (χ0) is 4.99. The maximum atomic E-state index is 9.84. The van der Waals surface area contributed by atoms with Crippen LogP contribution in [0.15, 0.2) is 0 Å². The van der Waals surface area contributed by atoms with Gasteiger partial charge < -0.3 is 0 Å². The van der Waals surface area contributed by atoms with Crippen LogP contribution in [0.3, 0.4) is 0 Å². The first-order valence-corrected chi connectivity index (χ1v) is 9.07. The summed E-state index contributed by atoms with van der Waals surface area (Å²) in [5.74, 6) is -0.169. The molecule has 38 valence electrons. The molecule has 2 N–H and O–H groups in total. The van der Waals surface area contributed by atoms with Crippen molar-refractivity contribution in [3.63, 3.8) is 0 Å². The van der Waals surface area contributed by atoms with Crippen molar-refractivity contribution < 1.29 is 22.0 Å². The van der Waals surface area contributed by atoms with Gasteiger partial charge >= 0.3 is 56.7 Å². The Hall–Kier alpha value is 0.930. The van der Waals surface area contributed by atoms with Gasteiger partial charge in [-0.2, -0.15) is 0 Å². The van der Waals surface area contributed by atoms with Gasteiger partial charge in [-0.15, -0.1) is 0 Å². The number of alkyl halides is 1. The molecule has 0 saturated carbocycles. The number of hydrogen-bond acceptors (Lipinski definition) is 1. The van der Waals surface area contributed by atoms with Crippen LogP contribution in [0.4, 0.5) is 0 Å². The van der Waals surface area contributed by atoms with Crippen LogP contribution in [0, 0.1) is 0 Å². The molecule has 0 fully saturated rings. The van der Waals surface area contributed by atoms with E-state index in [-0.39, 0.29) is 23.1 Å². The summed E-state index contributed by atoms with van der Waals surface area (Å²) in [4.78, 5) is 9.84. The van der Waals surface area contributed by atoms with E-state index in [1.165, 1.54) is 0 Å². The number of halogens is 2. The molecule has 0 bridgehead atoms. The third kappa shape index (κ3) is 4.93.